The van der Waals surface area contributed by atoms with Crippen molar-refractivity contribution >= 4 is 11.9 Å². The summed E-state index contributed by atoms with van der Waals surface area (Å²) in [6.07, 6.45) is 0. The van der Waals surface area contributed by atoms with Crippen LogP contribution in [0, 0.1) is 0 Å². The highest BCUT2D eigenvalue weighted by molar-refractivity contribution is 5.79. The van der Waals surface area contributed by atoms with Crippen LogP contribution in [0.25, 0.3) is 0 Å². The second-order valence-corrected chi connectivity index (χ2v) is 3.98. The van der Waals surface area contributed by atoms with Crippen molar-refractivity contribution in [3.8, 4) is 0 Å². The van der Waals surface area contributed by atoms with Crippen LogP contribution in [0.1, 0.15) is 0 Å². The maximum absolute atomic E-state index is 11.7. The molecule has 0 aromatic rings. The zero-order valence-corrected chi connectivity index (χ0v) is 9.43. The molecular weight excluding hydrogens is 212 g/mol. The summed E-state index contributed by atoms with van der Waals surface area (Å²) in [7, 11) is 2.00. The molecule has 0 aromatic heterocycles. The topological polar surface area (TPSA) is 90.1 Å². The lowest BCUT2D eigenvalue weighted by Crippen LogP contribution is -2.51. The molecule has 1 saturated heterocycles. The molecule has 1 heterocycles. The van der Waals surface area contributed by atoms with Crippen LogP contribution in [-0.4, -0.2) is 78.1 Å². The maximum Gasteiger partial charge on any atom is 0.319 e. The van der Waals surface area contributed by atoms with Gasteiger partial charge in [0.2, 0.25) is 5.91 Å². The Morgan fingerprint density at radius 2 is 1.81 bits per heavy atom. The second kappa shape index (κ2) is 5.78. The van der Waals surface area contributed by atoms with Crippen molar-refractivity contribution in [1.82, 2.24) is 14.8 Å². The van der Waals surface area contributed by atoms with E-state index in [9.17, 15) is 9.59 Å². The first-order valence-corrected chi connectivity index (χ1v) is 5.17. The number of hydrogen-bond donors (Lipinski definition) is 2. The molecule has 0 unspecified atom stereocenters. The van der Waals surface area contributed by atoms with Crippen LogP contribution in [0.4, 0.5) is 0 Å². The van der Waals surface area contributed by atoms with Gasteiger partial charge in [-0.2, -0.15) is 0 Å². The molecule has 0 spiro atoms. The molecule has 0 radical (unpaired) electrons. The van der Waals surface area contributed by atoms with Crippen molar-refractivity contribution in [2.24, 2.45) is 5.84 Å². The average molecular weight is 230 g/mol. The van der Waals surface area contributed by atoms with Crippen molar-refractivity contribution in [1.29, 1.82) is 0 Å². The fourth-order valence-electron chi connectivity index (χ4n) is 1.56. The van der Waals surface area contributed by atoms with E-state index in [0.29, 0.717) is 13.1 Å². The molecule has 1 fully saturated rings. The smallest absolute Gasteiger partial charge is 0.319 e. The highest BCUT2D eigenvalue weighted by atomic mass is 16.4. The number of nitrogens with zero attached hydrogens (tertiary/aromatic N) is 3. The van der Waals surface area contributed by atoms with E-state index in [4.69, 9.17) is 10.9 Å². The Labute approximate surface area is 94.4 Å². The highest BCUT2D eigenvalue weighted by Gasteiger charge is 2.20. The third kappa shape index (κ3) is 4.13. The van der Waals surface area contributed by atoms with Crippen molar-refractivity contribution in [2.45, 2.75) is 0 Å². The lowest BCUT2D eigenvalue weighted by atomic mass is 10.3. The predicted octanol–water partition coefficient (Wildman–Crippen LogP) is -1.98. The molecular formula is C9H18N4O3. The molecule has 0 bridgehead atoms. The first kappa shape index (κ1) is 12.9. The molecule has 3 N–H and O–H groups in total. The van der Waals surface area contributed by atoms with E-state index in [0.717, 1.165) is 18.1 Å². The molecule has 0 aliphatic carbocycles. The van der Waals surface area contributed by atoms with Gasteiger partial charge in [0, 0.05) is 26.2 Å². The Balaban J connectivity index is 2.32. The molecule has 7 nitrogen and oxygen atoms in total. The van der Waals surface area contributed by atoms with E-state index >= 15 is 0 Å². The fraction of sp³-hybridized carbons (Fsp3) is 0.778. The van der Waals surface area contributed by atoms with Crippen molar-refractivity contribution in [3.63, 3.8) is 0 Å². The summed E-state index contributed by atoms with van der Waals surface area (Å²) in [5.74, 6) is 4.26. The average Bonchev–Trinajstić information content (AvgIpc) is 2.16. The maximum atomic E-state index is 11.7. The Bertz CT molecular complexity index is 263. The summed E-state index contributed by atoms with van der Waals surface area (Å²) in [6.45, 7) is 2.67. The van der Waals surface area contributed by atoms with E-state index in [1.54, 1.807) is 4.90 Å². The van der Waals surface area contributed by atoms with E-state index in [1.807, 2.05) is 7.05 Å². The summed E-state index contributed by atoms with van der Waals surface area (Å²) in [5, 5.41) is 9.51. The zero-order chi connectivity index (χ0) is 12.1. The third-order valence-electron chi connectivity index (χ3n) is 2.53. The number of hydrogen-bond acceptors (Lipinski definition) is 5. The molecule has 1 aliphatic heterocycles. The molecule has 0 atom stereocenters. The van der Waals surface area contributed by atoms with Gasteiger partial charge in [0.25, 0.3) is 0 Å². The van der Waals surface area contributed by atoms with Crippen molar-refractivity contribution in [2.75, 3.05) is 46.3 Å². The summed E-state index contributed by atoms with van der Waals surface area (Å²) in [6, 6.07) is 0. The molecule has 1 rings (SSSR count). The Kier molecular flexibility index (Phi) is 4.66. The lowest BCUT2D eigenvalue weighted by molar-refractivity contribution is -0.140. The van der Waals surface area contributed by atoms with Crippen LogP contribution in [0.5, 0.6) is 0 Å². The van der Waals surface area contributed by atoms with Crippen LogP contribution < -0.4 is 5.84 Å². The first-order valence-electron chi connectivity index (χ1n) is 5.17. The Morgan fingerprint density at radius 1 is 1.25 bits per heavy atom. The summed E-state index contributed by atoms with van der Waals surface area (Å²) in [5.41, 5.74) is 0. The van der Waals surface area contributed by atoms with Gasteiger partial charge in [0.05, 0.1) is 6.54 Å². The minimum Gasteiger partial charge on any atom is -0.480 e. The first-order chi connectivity index (χ1) is 7.49. The van der Waals surface area contributed by atoms with Gasteiger partial charge in [0.1, 0.15) is 6.54 Å². The van der Waals surface area contributed by atoms with E-state index in [-0.39, 0.29) is 19.0 Å². The summed E-state index contributed by atoms with van der Waals surface area (Å²) >= 11 is 0. The van der Waals surface area contributed by atoms with Crippen LogP contribution in [0.3, 0.4) is 0 Å². The third-order valence-corrected chi connectivity index (χ3v) is 2.53. The van der Waals surface area contributed by atoms with Crippen LogP contribution in [-0.2, 0) is 9.59 Å². The monoisotopic (exact) mass is 230 g/mol. The van der Waals surface area contributed by atoms with Gasteiger partial charge in [-0.05, 0) is 7.05 Å². The minimum absolute atomic E-state index is 0.0456. The number of rotatable bonds is 4. The van der Waals surface area contributed by atoms with Gasteiger partial charge in [-0.25, -0.2) is 5.01 Å². The number of carboxylic acids is 1. The van der Waals surface area contributed by atoms with Gasteiger partial charge in [0.15, 0.2) is 0 Å². The van der Waals surface area contributed by atoms with E-state index < -0.39 is 5.97 Å². The van der Waals surface area contributed by atoms with Crippen molar-refractivity contribution in [3.05, 3.63) is 0 Å². The van der Waals surface area contributed by atoms with Crippen LogP contribution in [0.2, 0.25) is 0 Å². The van der Waals surface area contributed by atoms with Crippen LogP contribution in [0.15, 0.2) is 0 Å². The van der Waals surface area contributed by atoms with Gasteiger partial charge >= 0.3 is 5.97 Å². The standard InChI is InChI=1S/C9H18N4O3/c1-11-2-4-12(5-3-11)8(14)6-13(10)7-9(15)16/h2-7,10H2,1H3,(H,15,16). The summed E-state index contributed by atoms with van der Waals surface area (Å²) < 4.78 is 0. The van der Waals surface area contributed by atoms with Gasteiger partial charge < -0.3 is 14.9 Å². The molecule has 1 aliphatic rings. The van der Waals surface area contributed by atoms with Gasteiger partial charge in [-0.3, -0.25) is 15.4 Å². The van der Waals surface area contributed by atoms with E-state index in [1.165, 1.54) is 0 Å². The minimum atomic E-state index is -1.03. The lowest BCUT2D eigenvalue weighted by Gasteiger charge is -2.33. The number of nitrogens with two attached hydrogens (primary N) is 1. The summed E-state index contributed by atoms with van der Waals surface area (Å²) in [4.78, 5) is 25.9. The number of piperazine rings is 1. The normalized spacial score (nSPS) is 17.8. The molecule has 0 aromatic carbocycles. The molecule has 7 heteroatoms. The molecule has 1 amide bonds. The predicted molar refractivity (Wildman–Crippen MR) is 57.5 cm³/mol. The van der Waals surface area contributed by atoms with Crippen molar-refractivity contribution < 1.29 is 14.7 Å². The van der Waals surface area contributed by atoms with Crippen LogP contribution >= 0.6 is 0 Å². The quantitative estimate of drug-likeness (QED) is 0.430. The Morgan fingerprint density at radius 3 is 2.31 bits per heavy atom. The Hall–Kier alpha value is -1.18. The molecule has 16 heavy (non-hydrogen) atoms. The zero-order valence-electron chi connectivity index (χ0n) is 9.43. The fourth-order valence-corrected chi connectivity index (χ4v) is 1.56. The number of aliphatic carboxylic acids is 1. The van der Waals surface area contributed by atoms with Gasteiger partial charge in [-0.15, -0.1) is 0 Å². The number of carbonyl (C=O) groups is 2. The second-order valence-electron chi connectivity index (χ2n) is 3.98. The number of carbonyl (C=O) groups excluding carboxylic acids is 1. The van der Waals surface area contributed by atoms with Gasteiger partial charge in [-0.1, -0.05) is 0 Å². The molecule has 0 saturated carbocycles. The molecule has 92 valence electrons. The number of amides is 1. The number of carboxylic acid groups (broad SMARTS) is 1. The highest BCUT2D eigenvalue weighted by Crippen LogP contribution is 1.99. The van der Waals surface area contributed by atoms with E-state index in [2.05, 4.69) is 4.90 Å². The largest absolute Gasteiger partial charge is 0.480 e. The SMILES string of the molecule is CN1CCN(C(=O)CN(N)CC(=O)O)CC1. The number of likely N-dealkylation sites (N-methyl/N-ethyl adjacent to an activating group) is 1. The number of hydrazine groups is 1.